The third kappa shape index (κ3) is 5.73. The SMILES string of the molecule is Cl.NC[C@H]1CC[C@@H](C(=O)NCc2ccc(OCc3ccccc3)cc2)O1. The molecule has 26 heavy (non-hydrogen) atoms. The van der Waals surface area contributed by atoms with Crippen molar-refractivity contribution in [2.75, 3.05) is 6.54 Å². The minimum atomic E-state index is -0.373. The maximum atomic E-state index is 12.1. The Morgan fingerprint density at radius 2 is 1.81 bits per heavy atom. The maximum absolute atomic E-state index is 12.1. The maximum Gasteiger partial charge on any atom is 0.249 e. The van der Waals surface area contributed by atoms with E-state index in [1.165, 1.54) is 0 Å². The Hall–Kier alpha value is -2.08. The molecule has 1 fully saturated rings. The zero-order chi connectivity index (χ0) is 17.5. The van der Waals surface area contributed by atoms with Gasteiger partial charge in [-0.25, -0.2) is 0 Å². The van der Waals surface area contributed by atoms with E-state index in [0.29, 0.717) is 19.7 Å². The smallest absolute Gasteiger partial charge is 0.249 e. The molecule has 1 heterocycles. The first-order chi connectivity index (χ1) is 12.2. The molecule has 0 radical (unpaired) electrons. The fourth-order valence-corrected chi connectivity index (χ4v) is 2.82. The van der Waals surface area contributed by atoms with Crippen LogP contribution in [0.4, 0.5) is 0 Å². The van der Waals surface area contributed by atoms with Gasteiger partial charge in [0.05, 0.1) is 6.10 Å². The van der Waals surface area contributed by atoms with Crippen LogP contribution in [0.25, 0.3) is 0 Å². The summed E-state index contributed by atoms with van der Waals surface area (Å²) < 4.78 is 11.4. The Balaban J connectivity index is 0.00000243. The topological polar surface area (TPSA) is 73.6 Å². The van der Waals surface area contributed by atoms with Crippen molar-refractivity contribution < 1.29 is 14.3 Å². The second-order valence-electron chi connectivity index (χ2n) is 6.20. The molecule has 0 bridgehead atoms. The Morgan fingerprint density at radius 3 is 2.46 bits per heavy atom. The van der Waals surface area contributed by atoms with Gasteiger partial charge in [-0.2, -0.15) is 0 Å². The largest absolute Gasteiger partial charge is 0.489 e. The van der Waals surface area contributed by atoms with E-state index in [0.717, 1.165) is 29.7 Å². The highest BCUT2D eigenvalue weighted by Crippen LogP contribution is 2.19. The molecule has 1 amide bonds. The highest BCUT2D eigenvalue weighted by molar-refractivity contribution is 5.85. The van der Waals surface area contributed by atoms with E-state index in [-0.39, 0.29) is 30.5 Å². The van der Waals surface area contributed by atoms with Crippen molar-refractivity contribution in [2.45, 2.75) is 38.2 Å². The first-order valence-corrected chi connectivity index (χ1v) is 8.63. The summed E-state index contributed by atoms with van der Waals surface area (Å²) in [6.45, 7) is 1.48. The van der Waals surface area contributed by atoms with Gasteiger partial charge < -0.3 is 20.5 Å². The van der Waals surface area contributed by atoms with Crippen molar-refractivity contribution in [1.82, 2.24) is 5.32 Å². The zero-order valence-electron chi connectivity index (χ0n) is 14.6. The summed E-state index contributed by atoms with van der Waals surface area (Å²) in [7, 11) is 0. The van der Waals surface area contributed by atoms with Crippen LogP contribution in [0, 0.1) is 0 Å². The molecule has 0 unspecified atom stereocenters. The molecular formula is C20H25ClN2O3. The van der Waals surface area contributed by atoms with Gasteiger partial charge in [0.1, 0.15) is 18.5 Å². The van der Waals surface area contributed by atoms with Crippen molar-refractivity contribution in [1.29, 1.82) is 0 Å². The van der Waals surface area contributed by atoms with Crippen molar-refractivity contribution >= 4 is 18.3 Å². The fourth-order valence-electron chi connectivity index (χ4n) is 2.82. The predicted molar refractivity (Wildman–Crippen MR) is 103 cm³/mol. The van der Waals surface area contributed by atoms with Gasteiger partial charge in [-0.3, -0.25) is 4.79 Å². The number of amides is 1. The van der Waals surface area contributed by atoms with Gasteiger partial charge >= 0.3 is 0 Å². The summed E-state index contributed by atoms with van der Waals surface area (Å²) in [6.07, 6.45) is 1.22. The number of carbonyl (C=O) groups is 1. The second-order valence-corrected chi connectivity index (χ2v) is 6.20. The first-order valence-electron chi connectivity index (χ1n) is 8.63. The lowest BCUT2D eigenvalue weighted by molar-refractivity contribution is -0.132. The number of rotatable bonds is 7. The lowest BCUT2D eigenvalue weighted by atomic mass is 10.1. The molecule has 0 aliphatic carbocycles. The molecule has 3 rings (SSSR count). The number of nitrogens with two attached hydrogens (primary N) is 1. The average molecular weight is 377 g/mol. The molecule has 1 aliphatic rings. The third-order valence-electron chi connectivity index (χ3n) is 4.30. The van der Waals surface area contributed by atoms with Crippen molar-refractivity contribution in [3.63, 3.8) is 0 Å². The molecule has 0 spiro atoms. The van der Waals surface area contributed by atoms with Crippen LogP contribution < -0.4 is 15.8 Å². The van der Waals surface area contributed by atoms with Crippen LogP contribution in [0.15, 0.2) is 54.6 Å². The second kappa shape index (κ2) is 10.2. The molecule has 6 heteroatoms. The van der Waals surface area contributed by atoms with Crippen molar-refractivity contribution in [3.05, 3.63) is 65.7 Å². The van der Waals surface area contributed by atoms with E-state index in [1.807, 2.05) is 54.6 Å². The Bertz CT molecular complexity index is 679. The summed E-state index contributed by atoms with van der Waals surface area (Å²) in [4.78, 5) is 12.1. The number of hydrogen-bond donors (Lipinski definition) is 2. The lowest BCUT2D eigenvalue weighted by Gasteiger charge is -2.13. The minimum Gasteiger partial charge on any atom is -0.489 e. The zero-order valence-corrected chi connectivity index (χ0v) is 15.4. The summed E-state index contributed by atoms with van der Waals surface area (Å²) in [5, 5.41) is 2.92. The monoisotopic (exact) mass is 376 g/mol. The van der Waals surface area contributed by atoms with Gasteiger partial charge in [-0.15, -0.1) is 12.4 Å². The van der Waals surface area contributed by atoms with Crippen molar-refractivity contribution in [2.24, 2.45) is 5.73 Å². The van der Waals surface area contributed by atoms with Crippen LogP contribution in [0.2, 0.25) is 0 Å². The Labute approximate surface area is 160 Å². The summed E-state index contributed by atoms with van der Waals surface area (Å²) in [5.74, 6) is 0.740. The molecule has 0 aromatic heterocycles. The molecular weight excluding hydrogens is 352 g/mol. The Morgan fingerprint density at radius 1 is 1.08 bits per heavy atom. The number of hydrogen-bond acceptors (Lipinski definition) is 4. The first kappa shape index (κ1) is 20.2. The normalized spacial score (nSPS) is 18.8. The molecule has 1 saturated heterocycles. The average Bonchev–Trinajstić information content (AvgIpc) is 3.15. The van der Waals surface area contributed by atoms with E-state index in [1.54, 1.807) is 0 Å². The highest BCUT2D eigenvalue weighted by Gasteiger charge is 2.29. The van der Waals surface area contributed by atoms with E-state index in [4.69, 9.17) is 15.2 Å². The molecule has 140 valence electrons. The standard InChI is InChI=1S/C20H24N2O3.ClH/c21-12-18-10-11-19(25-18)20(23)22-13-15-6-8-17(9-7-15)24-14-16-4-2-1-3-5-16;/h1-9,18-19H,10-14,21H2,(H,22,23);1H/t18-,19+;/m1./s1. The molecule has 3 N–H and O–H groups in total. The molecule has 2 aromatic rings. The van der Waals surface area contributed by atoms with E-state index in [9.17, 15) is 4.79 Å². The van der Waals surface area contributed by atoms with Crippen LogP contribution >= 0.6 is 12.4 Å². The fraction of sp³-hybridized carbons (Fsp3) is 0.350. The Kier molecular flexibility index (Phi) is 7.91. The predicted octanol–water partition coefficient (Wildman–Crippen LogP) is 2.81. The van der Waals surface area contributed by atoms with Gasteiger partial charge in [0, 0.05) is 13.1 Å². The molecule has 2 atom stereocenters. The number of halogens is 1. The van der Waals surface area contributed by atoms with Gasteiger partial charge in [-0.05, 0) is 36.1 Å². The summed E-state index contributed by atoms with van der Waals surface area (Å²) in [6, 6.07) is 17.8. The third-order valence-corrected chi connectivity index (χ3v) is 4.30. The number of ether oxygens (including phenoxy) is 2. The van der Waals surface area contributed by atoms with E-state index < -0.39 is 0 Å². The highest BCUT2D eigenvalue weighted by atomic mass is 35.5. The van der Waals surface area contributed by atoms with Crippen LogP contribution in [-0.2, 0) is 22.7 Å². The molecule has 1 aliphatic heterocycles. The quantitative estimate of drug-likeness (QED) is 0.779. The summed E-state index contributed by atoms with van der Waals surface area (Å²) in [5.41, 5.74) is 7.72. The van der Waals surface area contributed by atoms with Crippen molar-refractivity contribution in [3.8, 4) is 5.75 Å². The van der Waals surface area contributed by atoms with Gasteiger partial charge in [-0.1, -0.05) is 42.5 Å². The van der Waals surface area contributed by atoms with Gasteiger partial charge in [0.15, 0.2) is 0 Å². The van der Waals surface area contributed by atoms with Crippen LogP contribution in [0.3, 0.4) is 0 Å². The molecule has 0 saturated carbocycles. The van der Waals surface area contributed by atoms with Crippen LogP contribution in [0.1, 0.15) is 24.0 Å². The molecule has 5 nitrogen and oxygen atoms in total. The lowest BCUT2D eigenvalue weighted by Crippen LogP contribution is -2.35. The van der Waals surface area contributed by atoms with Crippen LogP contribution in [0.5, 0.6) is 5.75 Å². The summed E-state index contributed by atoms with van der Waals surface area (Å²) >= 11 is 0. The minimum absolute atomic E-state index is 0. The van der Waals surface area contributed by atoms with E-state index in [2.05, 4.69) is 5.32 Å². The van der Waals surface area contributed by atoms with Crippen LogP contribution in [-0.4, -0.2) is 24.7 Å². The number of nitrogens with one attached hydrogen (secondary N) is 1. The van der Waals surface area contributed by atoms with Gasteiger partial charge in [0.25, 0.3) is 0 Å². The van der Waals surface area contributed by atoms with Gasteiger partial charge in [0.2, 0.25) is 5.91 Å². The molecule has 2 aromatic carbocycles. The van der Waals surface area contributed by atoms with E-state index >= 15 is 0 Å². The number of carbonyl (C=O) groups excluding carboxylic acids is 1. The number of benzene rings is 2.